The van der Waals surface area contributed by atoms with E-state index in [0.29, 0.717) is 39.6 Å². The normalized spacial score (nSPS) is 11.6. The van der Waals surface area contributed by atoms with E-state index in [2.05, 4.69) is 25.3 Å². The summed E-state index contributed by atoms with van der Waals surface area (Å²) < 4.78 is 6.69. The minimum absolute atomic E-state index is 0.0183. The van der Waals surface area contributed by atoms with Crippen molar-refractivity contribution in [3.8, 4) is 28.9 Å². The van der Waals surface area contributed by atoms with Gasteiger partial charge >= 0.3 is 0 Å². The largest absolute Gasteiger partial charge is 0.494 e. The third kappa shape index (κ3) is 4.39. The fraction of sp³-hybridized carbons (Fsp3) is 0.115. The van der Waals surface area contributed by atoms with Crippen LogP contribution in [0.1, 0.15) is 24.4 Å². The second-order valence-electron chi connectivity index (χ2n) is 8.06. The van der Waals surface area contributed by atoms with Gasteiger partial charge in [0.05, 0.1) is 48.3 Å². The highest BCUT2D eigenvalue weighted by Gasteiger charge is 2.22. The number of hydrogen-bond acceptors (Lipinski definition) is 10. The second-order valence-corrected chi connectivity index (χ2v) is 8.06. The number of anilines is 2. The summed E-state index contributed by atoms with van der Waals surface area (Å²) in [5.41, 5.74) is 7.31. The molecule has 1 atom stereocenters. The first kappa shape index (κ1) is 23.4. The van der Waals surface area contributed by atoms with Gasteiger partial charge < -0.3 is 15.8 Å². The summed E-state index contributed by atoms with van der Waals surface area (Å²) in [7, 11) is 1.53. The SMILES string of the molecule is COc1cnc(-c2cccc3nc([C@@H](C)Nc4nc(N)ncc4C#N)n(-c4ccccc4)c(=O)c23)nc1. The van der Waals surface area contributed by atoms with E-state index in [1.54, 1.807) is 30.6 Å². The molecule has 0 spiro atoms. The molecule has 2 aromatic carbocycles. The van der Waals surface area contributed by atoms with Crippen molar-refractivity contribution < 1.29 is 4.74 Å². The lowest BCUT2D eigenvalue weighted by Crippen LogP contribution is -2.28. The fourth-order valence-electron chi connectivity index (χ4n) is 3.97. The molecule has 0 aliphatic heterocycles. The molecule has 0 saturated carbocycles. The van der Waals surface area contributed by atoms with Crippen molar-refractivity contribution in [2.75, 3.05) is 18.2 Å². The summed E-state index contributed by atoms with van der Waals surface area (Å²) >= 11 is 0. The number of nitrogens with two attached hydrogens (primary N) is 1. The van der Waals surface area contributed by atoms with Crippen molar-refractivity contribution in [2.45, 2.75) is 13.0 Å². The second kappa shape index (κ2) is 9.71. The van der Waals surface area contributed by atoms with Crippen molar-refractivity contribution in [3.05, 3.63) is 88.9 Å². The van der Waals surface area contributed by atoms with Gasteiger partial charge in [-0.3, -0.25) is 9.36 Å². The highest BCUT2D eigenvalue weighted by atomic mass is 16.5. The third-order valence-corrected chi connectivity index (χ3v) is 5.71. The van der Waals surface area contributed by atoms with Gasteiger partial charge in [0, 0.05) is 5.56 Å². The first-order valence-electron chi connectivity index (χ1n) is 11.3. The molecule has 0 bridgehead atoms. The number of para-hydroxylation sites is 1. The molecular formula is C26H21N9O2. The number of fused-ring (bicyclic) bond motifs is 1. The van der Waals surface area contributed by atoms with Crippen LogP contribution in [0.15, 0.2) is 71.9 Å². The molecule has 0 unspecified atom stereocenters. The Labute approximate surface area is 211 Å². The highest BCUT2D eigenvalue weighted by molar-refractivity contribution is 5.92. The zero-order valence-electron chi connectivity index (χ0n) is 20.0. The monoisotopic (exact) mass is 491 g/mol. The molecule has 3 aromatic heterocycles. The molecule has 5 aromatic rings. The van der Waals surface area contributed by atoms with Crippen LogP contribution in [0.4, 0.5) is 11.8 Å². The number of methoxy groups -OCH3 is 1. The molecule has 3 N–H and O–H groups in total. The van der Waals surface area contributed by atoms with E-state index in [1.165, 1.54) is 17.9 Å². The smallest absolute Gasteiger partial charge is 0.266 e. The van der Waals surface area contributed by atoms with Gasteiger partial charge in [0.25, 0.3) is 5.56 Å². The Balaban J connectivity index is 1.73. The van der Waals surface area contributed by atoms with Crippen LogP contribution in [0.25, 0.3) is 28.0 Å². The number of hydrogen-bond donors (Lipinski definition) is 2. The van der Waals surface area contributed by atoms with Crippen LogP contribution in [0.3, 0.4) is 0 Å². The van der Waals surface area contributed by atoms with Crippen molar-refractivity contribution in [1.29, 1.82) is 5.26 Å². The zero-order chi connectivity index (χ0) is 25.9. The molecule has 0 radical (unpaired) electrons. The zero-order valence-corrected chi connectivity index (χ0v) is 20.0. The Hall–Kier alpha value is -5.37. The van der Waals surface area contributed by atoms with Gasteiger partial charge in [-0.25, -0.2) is 19.9 Å². The van der Waals surface area contributed by atoms with E-state index < -0.39 is 6.04 Å². The number of nitrogens with one attached hydrogen (secondary N) is 1. The molecule has 0 saturated heterocycles. The maximum atomic E-state index is 14.1. The molecule has 182 valence electrons. The Morgan fingerprint density at radius 1 is 1.03 bits per heavy atom. The van der Waals surface area contributed by atoms with Crippen LogP contribution < -0.4 is 21.3 Å². The topological polar surface area (TPSA) is 158 Å². The Kier molecular flexibility index (Phi) is 6.13. The molecule has 3 heterocycles. The maximum absolute atomic E-state index is 14.1. The Morgan fingerprint density at radius 3 is 2.49 bits per heavy atom. The Morgan fingerprint density at radius 2 is 1.78 bits per heavy atom. The van der Waals surface area contributed by atoms with Crippen LogP contribution in [-0.4, -0.2) is 36.6 Å². The molecule has 0 amide bonds. The average molecular weight is 492 g/mol. The molecular weight excluding hydrogens is 470 g/mol. The van der Waals surface area contributed by atoms with E-state index in [4.69, 9.17) is 15.5 Å². The number of ether oxygens (including phenoxy) is 1. The first-order chi connectivity index (χ1) is 18.0. The minimum Gasteiger partial charge on any atom is -0.494 e. The summed E-state index contributed by atoms with van der Waals surface area (Å²) in [5.74, 6) is 1.56. The minimum atomic E-state index is -0.542. The number of benzene rings is 2. The maximum Gasteiger partial charge on any atom is 0.266 e. The van der Waals surface area contributed by atoms with Crippen molar-refractivity contribution >= 4 is 22.7 Å². The van der Waals surface area contributed by atoms with Crippen LogP contribution >= 0.6 is 0 Å². The van der Waals surface area contributed by atoms with Gasteiger partial charge in [-0.2, -0.15) is 10.2 Å². The predicted octanol–water partition coefficient (Wildman–Crippen LogP) is 3.27. The molecule has 0 fully saturated rings. The van der Waals surface area contributed by atoms with Crippen LogP contribution in [0, 0.1) is 11.3 Å². The number of nitrogen functional groups attached to an aromatic ring is 1. The molecule has 11 nitrogen and oxygen atoms in total. The summed E-state index contributed by atoms with van der Waals surface area (Å²) in [6.45, 7) is 1.82. The van der Waals surface area contributed by atoms with Gasteiger partial charge in [-0.05, 0) is 25.1 Å². The molecule has 0 aliphatic carbocycles. The fourth-order valence-corrected chi connectivity index (χ4v) is 3.97. The molecule has 37 heavy (non-hydrogen) atoms. The lowest BCUT2D eigenvalue weighted by Gasteiger charge is -2.21. The Bertz CT molecular complexity index is 1690. The van der Waals surface area contributed by atoms with Gasteiger partial charge in [-0.1, -0.05) is 30.3 Å². The standard InChI is InChI=1S/C26H21N9O2/c1-15(32-22-16(11-27)12-31-26(28)34-22)24-33-20-10-6-9-19(23-29-13-18(37-2)14-30-23)21(20)25(36)35(24)17-7-4-3-5-8-17/h3-10,12-15H,1-2H3,(H3,28,31,32,34)/t15-/m1/s1. The summed E-state index contributed by atoms with van der Waals surface area (Å²) in [4.78, 5) is 35.8. The van der Waals surface area contributed by atoms with Crippen LogP contribution in [0.2, 0.25) is 0 Å². The van der Waals surface area contributed by atoms with Gasteiger partial charge in [0.15, 0.2) is 11.6 Å². The van der Waals surface area contributed by atoms with Gasteiger partial charge in [-0.15, -0.1) is 0 Å². The first-order valence-corrected chi connectivity index (χ1v) is 11.3. The predicted molar refractivity (Wildman–Crippen MR) is 138 cm³/mol. The highest BCUT2D eigenvalue weighted by Crippen LogP contribution is 2.27. The third-order valence-electron chi connectivity index (χ3n) is 5.71. The summed E-state index contributed by atoms with van der Waals surface area (Å²) in [6.07, 6.45) is 4.44. The van der Waals surface area contributed by atoms with Gasteiger partial charge in [0.2, 0.25) is 5.95 Å². The molecule has 5 rings (SSSR count). The van der Waals surface area contributed by atoms with E-state index in [9.17, 15) is 10.1 Å². The number of nitriles is 1. The van der Waals surface area contributed by atoms with Crippen molar-refractivity contribution in [3.63, 3.8) is 0 Å². The number of nitrogens with zero attached hydrogens (tertiary/aromatic N) is 7. The lowest BCUT2D eigenvalue weighted by atomic mass is 10.1. The lowest BCUT2D eigenvalue weighted by molar-refractivity contribution is 0.411. The summed E-state index contributed by atoms with van der Waals surface area (Å²) in [6, 6.07) is 16.0. The molecule has 11 heteroatoms. The van der Waals surface area contributed by atoms with Crippen LogP contribution in [0.5, 0.6) is 5.75 Å². The number of aromatic nitrogens is 6. The average Bonchev–Trinajstić information content (AvgIpc) is 2.93. The van der Waals surface area contributed by atoms with E-state index >= 15 is 0 Å². The van der Waals surface area contributed by atoms with Crippen LogP contribution in [-0.2, 0) is 0 Å². The molecule has 0 aliphatic rings. The van der Waals surface area contributed by atoms with E-state index in [-0.39, 0.29) is 22.9 Å². The summed E-state index contributed by atoms with van der Waals surface area (Å²) in [5, 5.41) is 13.0. The quantitative estimate of drug-likeness (QED) is 0.361. The van der Waals surface area contributed by atoms with Crippen molar-refractivity contribution in [2.24, 2.45) is 0 Å². The van der Waals surface area contributed by atoms with Crippen molar-refractivity contribution in [1.82, 2.24) is 29.5 Å². The van der Waals surface area contributed by atoms with Gasteiger partial charge in [0.1, 0.15) is 23.3 Å². The van der Waals surface area contributed by atoms with E-state index in [1.807, 2.05) is 43.3 Å². The van der Waals surface area contributed by atoms with E-state index in [0.717, 1.165) is 0 Å². The number of rotatable bonds is 6.